The average molecular weight is 223 g/mol. The monoisotopic (exact) mass is 223 g/mol. The second kappa shape index (κ2) is 6.64. The van der Waals surface area contributed by atoms with Crippen LogP contribution in [0.4, 0.5) is 0 Å². The average Bonchev–Trinajstić information content (AvgIpc) is 2.29. The van der Waals surface area contributed by atoms with E-state index in [9.17, 15) is 0 Å². The van der Waals surface area contributed by atoms with Crippen molar-refractivity contribution < 1.29 is 0 Å². The molecule has 2 fully saturated rings. The Morgan fingerprint density at radius 1 is 0.562 bits per heavy atom. The molecule has 16 heavy (non-hydrogen) atoms. The van der Waals surface area contributed by atoms with Crippen LogP contribution in [0.1, 0.15) is 77.0 Å². The molecule has 0 heterocycles. The molecule has 0 spiro atoms. The first-order valence-corrected chi connectivity index (χ1v) is 7.60. The van der Waals surface area contributed by atoms with Crippen LogP contribution in [0.25, 0.3) is 0 Å². The largest absolute Gasteiger partial charge is 0.300 e. The van der Waals surface area contributed by atoms with Gasteiger partial charge in [0.15, 0.2) is 0 Å². The fourth-order valence-electron chi connectivity index (χ4n) is 3.63. The molecule has 0 aromatic carbocycles. The van der Waals surface area contributed by atoms with Gasteiger partial charge in [0.2, 0.25) is 0 Å². The minimum absolute atomic E-state index is 0.906. The molecule has 0 atom stereocenters. The van der Waals surface area contributed by atoms with Crippen LogP contribution in [0.2, 0.25) is 0 Å². The molecule has 2 aliphatic carbocycles. The van der Waals surface area contributed by atoms with E-state index >= 15 is 0 Å². The van der Waals surface area contributed by atoms with Crippen LogP contribution in [0.15, 0.2) is 0 Å². The predicted molar refractivity (Wildman–Crippen MR) is 70.7 cm³/mol. The summed E-state index contributed by atoms with van der Waals surface area (Å²) in [5.41, 5.74) is 0. The van der Waals surface area contributed by atoms with Crippen molar-refractivity contribution in [3.8, 4) is 0 Å². The number of rotatable bonds is 2. The first kappa shape index (κ1) is 12.4. The van der Waals surface area contributed by atoms with E-state index in [2.05, 4.69) is 11.9 Å². The van der Waals surface area contributed by atoms with Gasteiger partial charge < -0.3 is 4.90 Å². The zero-order valence-electron chi connectivity index (χ0n) is 11.1. The minimum atomic E-state index is 0.906. The van der Waals surface area contributed by atoms with E-state index in [1.807, 2.05) is 0 Å². The van der Waals surface area contributed by atoms with Crippen molar-refractivity contribution in [1.82, 2.24) is 4.90 Å². The van der Waals surface area contributed by atoms with Gasteiger partial charge in [0.1, 0.15) is 0 Å². The maximum Gasteiger partial charge on any atom is 0.00951 e. The molecule has 0 N–H and O–H groups in total. The molecule has 0 aromatic heterocycles. The maximum absolute atomic E-state index is 2.75. The Kier molecular flexibility index (Phi) is 5.15. The lowest BCUT2D eigenvalue weighted by atomic mass is 9.90. The van der Waals surface area contributed by atoms with Crippen molar-refractivity contribution in [2.24, 2.45) is 0 Å². The first-order chi connectivity index (χ1) is 7.88. The predicted octanol–water partition coefficient (Wildman–Crippen LogP) is 4.36. The van der Waals surface area contributed by atoms with E-state index in [0.717, 1.165) is 12.1 Å². The third kappa shape index (κ3) is 3.48. The third-order valence-electron chi connectivity index (χ3n) is 4.80. The molecule has 0 radical (unpaired) electrons. The third-order valence-corrected chi connectivity index (χ3v) is 4.80. The Hall–Kier alpha value is -0.0400. The lowest BCUT2D eigenvalue weighted by molar-refractivity contribution is 0.117. The molecule has 2 saturated carbocycles. The van der Waals surface area contributed by atoms with E-state index < -0.39 is 0 Å². The zero-order valence-corrected chi connectivity index (χ0v) is 11.1. The summed E-state index contributed by atoms with van der Waals surface area (Å²) in [7, 11) is 2.41. The molecule has 0 aromatic rings. The van der Waals surface area contributed by atoms with Gasteiger partial charge >= 0.3 is 0 Å². The molecular weight excluding hydrogens is 194 g/mol. The molecule has 0 aliphatic heterocycles. The van der Waals surface area contributed by atoms with Gasteiger partial charge in [0.25, 0.3) is 0 Å². The molecule has 2 aliphatic rings. The maximum atomic E-state index is 2.75. The van der Waals surface area contributed by atoms with Crippen LogP contribution in [0.5, 0.6) is 0 Å². The Balaban J connectivity index is 1.82. The van der Waals surface area contributed by atoms with Gasteiger partial charge in [-0.15, -0.1) is 0 Å². The van der Waals surface area contributed by atoms with E-state index in [1.54, 1.807) is 0 Å². The van der Waals surface area contributed by atoms with Crippen LogP contribution < -0.4 is 0 Å². The first-order valence-electron chi connectivity index (χ1n) is 7.60. The van der Waals surface area contributed by atoms with Crippen LogP contribution in [0.3, 0.4) is 0 Å². The highest BCUT2D eigenvalue weighted by molar-refractivity contribution is 4.80. The summed E-state index contributed by atoms with van der Waals surface area (Å²) in [5.74, 6) is 0. The molecule has 0 unspecified atom stereocenters. The van der Waals surface area contributed by atoms with Crippen molar-refractivity contribution in [1.29, 1.82) is 0 Å². The van der Waals surface area contributed by atoms with Crippen molar-refractivity contribution in [2.75, 3.05) is 7.05 Å². The van der Waals surface area contributed by atoms with Crippen LogP contribution in [-0.4, -0.2) is 24.0 Å². The molecule has 2 rings (SSSR count). The Morgan fingerprint density at radius 2 is 0.875 bits per heavy atom. The van der Waals surface area contributed by atoms with E-state index in [0.29, 0.717) is 0 Å². The van der Waals surface area contributed by atoms with E-state index in [-0.39, 0.29) is 0 Å². The second-order valence-electron chi connectivity index (χ2n) is 5.96. The number of hydrogen-bond acceptors (Lipinski definition) is 1. The lowest BCUT2D eigenvalue weighted by Crippen LogP contribution is -2.41. The number of hydrogen-bond donors (Lipinski definition) is 0. The van der Waals surface area contributed by atoms with Crippen LogP contribution >= 0.6 is 0 Å². The second-order valence-corrected chi connectivity index (χ2v) is 5.96. The summed E-state index contributed by atoms with van der Waals surface area (Å²) in [6.07, 6.45) is 17.7. The molecule has 0 bridgehead atoms. The fraction of sp³-hybridized carbons (Fsp3) is 1.00. The molecule has 1 nitrogen and oxygen atoms in total. The Morgan fingerprint density at radius 3 is 1.31 bits per heavy atom. The summed E-state index contributed by atoms with van der Waals surface area (Å²) >= 11 is 0. The van der Waals surface area contributed by atoms with Crippen LogP contribution in [0, 0.1) is 0 Å². The normalized spacial score (nSPS) is 26.6. The summed E-state index contributed by atoms with van der Waals surface area (Å²) < 4.78 is 0. The van der Waals surface area contributed by atoms with Crippen molar-refractivity contribution in [3.05, 3.63) is 0 Å². The highest BCUT2D eigenvalue weighted by Crippen LogP contribution is 2.27. The highest BCUT2D eigenvalue weighted by atomic mass is 15.2. The lowest BCUT2D eigenvalue weighted by Gasteiger charge is -2.38. The molecule has 0 saturated heterocycles. The van der Waals surface area contributed by atoms with Crippen molar-refractivity contribution in [3.63, 3.8) is 0 Å². The summed E-state index contributed by atoms with van der Waals surface area (Å²) in [6, 6.07) is 1.82. The topological polar surface area (TPSA) is 3.24 Å². The quantitative estimate of drug-likeness (QED) is 0.672. The molecule has 94 valence electrons. The summed E-state index contributed by atoms with van der Waals surface area (Å²) in [5, 5.41) is 0. The Bertz CT molecular complexity index is 176. The molecule has 1 heteroatoms. The number of nitrogens with zero attached hydrogens (tertiary/aromatic N) is 1. The van der Waals surface area contributed by atoms with Crippen molar-refractivity contribution >= 4 is 0 Å². The fourth-order valence-corrected chi connectivity index (χ4v) is 3.63. The summed E-state index contributed by atoms with van der Waals surface area (Å²) in [4.78, 5) is 2.75. The van der Waals surface area contributed by atoms with Crippen molar-refractivity contribution in [2.45, 2.75) is 89.1 Å². The summed E-state index contributed by atoms with van der Waals surface area (Å²) in [6.45, 7) is 0. The van der Waals surface area contributed by atoms with Gasteiger partial charge in [0, 0.05) is 12.1 Å². The van der Waals surface area contributed by atoms with E-state index in [1.165, 1.54) is 77.0 Å². The zero-order chi connectivity index (χ0) is 11.2. The molecular formula is C15H29N. The Labute approximate surface area is 102 Å². The van der Waals surface area contributed by atoms with Crippen LogP contribution in [-0.2, 0) is 0 Å². The van der Waals surface area contributed by atoms with E-state index in [4.69, 9.17) is 0 Å². The smallest absolute Gasteiger partial charge is 0.00951 e. The highest BCUT2D eigenvalue weighted by Gasteiger charge is 2.24. The van der Waals surface area contributed by atoms with Gasteiger partial charge in [-0.3, -0.25) is 0 Å². The minimum Gasteiger partial charge on any atom is -0.300 e. The van der Waals surface area contributed by atoms with Gasteiger partial charge in [-0.25, -0.2) is 0 Å². The van der Waals surface area contributed by atoms with Gasteiger partial charge in [0.05, 0.1) is 0 Å². The standard InChI is InChI=1S/C15H29N/c1-16(15-12-8-5-9-13-15)14-10-6-3-2-4-7-11-14/h14-15H,2-13H2,1H3. The van der Waals surface area contributed by atoms with Gasteiger partial charge in [-0.05, 0) is 32.7 Å². The van der Waals surface area contributed by atoms with Gasteiger partial charge in [-0.1, -0.05) is 51.4 Å². The van der Waals surface area contributed by atoms with Gasteiger partial charge in [-0.2, -0.15) is 0 Å². The molecule has 0 amide bonds. The SMILES string of the molecule is CN(C1CCCCCCC1)C1CCCCC1.